The molecule has 7 nitrogen and oxygen atoms in total. The van der Waals surface area contributed by atoms with Gasteiger partial charge in [0.25, 0.3) is 5.91 Å². The molecule has 1 aliphatic heterocycles. The molecule has 1 amide bonds. The van der Waals surface area contributed by atoms with Gasteiger partial charge in [0.1, 0.15) is 5.03 Å². The molecule has 2 heterocycles. The van der Waals surface area contributed by atoms with Crippen LogP contribution in [0.2, 0.25) is 0 Å². The van der Waals surface area contributed by atoms with Gasteiger partial charge in [0, 0.05) is 24.2 Å². The van der Waals surface area contributed by atoms with E-state index in [1.807, 2.05) is 42.5 Å². The molecular formula is C25H24N2O5S. The van der Waals surface area contributed by atoms with Crippen LogP contribution < -0.4 is 9.47 Å². The normalized spacial score (nSPS) is 12.6. The minimum atomic E-state index is -0.571. The lowest BCUT2D eigenvalue weighted by Gasteiger charge is -2.29. The number of carbonyl (C=O) groups is 2. The van der Waals surface area contributed by atoms with Gasteiger partial charge in [0.15, 0.2) is 18.1 Å². The van der Waals surface area contributed by atoms with Crippen LogP contribution >= 0.6 is 11.8 Å². The van der Waals surface area contributed by atoms with Gasteiger partial charge in [-0.15, -0.1) is 0 Å². The predicted octanol–water partition coefficient (Wildman–Crippen LogP) is 3.99. The Morgan fingerprint density at radius 1 is 1.00 bits per heavy atom. The van der Waals surface area contributed by atoms with Crippen LogP contribution in [0.3, 0.4) is 0 Å². The minimum absolute atomic E-state index is 0.245. The second-order valence-electron chi connectivity index (χ2n) is 7.39. The van der Waals surface area contributed by atoms with Gasteiger partial charge in [0.05, 0.1) is 19.8 Å². The first-order chi connectivity index (χ1) is 16.1. The number of hydrogen-bond acceptors (Lipinski definition) is 7. The van der Waals surface area contributed by atoms with Gasteiger partial charge in [-0.25, -0.2) is 9.78 Å². The molecule has 0 spiro atoms. The highest BCUT2D eigenvalue weighted by Crippen LogP contribution is 2.33. The lowest BCUT2D eigenvalue weighted by atomic mass is 9.99. The van der Waals surface area contributed by atoms with Gasteiger partial charge in [-0.3, -0.25) is 4.79 Å². The Balaban J connectivity index is 1.39. The number of hydrogen-bond donors (Lipinski definition) is 0. The molecule has 0 saturated carbocycles. The molecule has 0 fully saturated rings. The fourth-order valence-corrected chi connectivity index (χ4v) is 4.51. The number of aromatic nitrogens is 1. The van der Waals surface area contributed by atoms with Gasteiger partial charge in [-0.2, -0.15) is 0 Å². The number of pyridine rings is 1. The van der Waals surface area contributed by atoms with Crippen LogP contribution in [-0.2, 0) is 22.5 Å². The Labute approximate surface area is 196 Å². The van der Waals surface area contributed by atoms with Crippen molar-refractivity contribution < 1.29 is 23.8 Å². The maximum Gasteiger partial charge on any atom is 0.341 e. The van der Waals surface area contributed by atoms with Crippen molar-refractivity contribution >= 4 is 23.6 Å². The van der Waals surface area contributed by atoms with E-state index in [0.29, 0.717) is 41.6 Å². The molecule has 2 aromatic carbocycles. The van der Waals surface area contributed by atoms with Crippen molar-refractivity contribution in [3.63, 3.8) is 0 Å². The van der Waals surface area contributed by atoms with Crippen molar-refractivity contribution in [1.29, 1.82) is 0 Å². The van der Waals surface area contributed by atoms with Crippen LogP contribution in [-0.4, -0.2) is 49.1 Å². The molecule has 3 aromatic rings. The van der Waals surface area contributed by atoms with E-state index in [0.717, 1.165) is 16.0 Å². The predicted molar refractivity (Wildman–Crippen MR) is 124 cm³/mol. The summed E-state index contributed by atoms with van der Waals surface area (Å²) in [6, 6.07) is 16.8. The van der Waals surface area contributed by atoms with Gasteiger partial charge in [-0.1, -0.05) is 30.0 Å². The molecule has 0 bridgehead atoms. The fraction of sp³-hybridized carbons (Fsp3) is 0.240. The Hall–Kier alpha value is -3.52. The zero-order chi connectivity index (χ0) is 23.2. The molecule has 8 heteroatoms. The molecule has 33 heavy (non-hydrogen) atoms. The summed E-state index contributed by atoms with van der Waals surface area (Å²) in [4.78, 5) is 32.4. The first kappa shape index (κ1) is 22.7. The van der Waals surface area contributed by atoms with E-state index in [1.54, 1.807) is 37.4 Å². The first-order valence-electron chi connectivity index (χ1n) is 10.5. The first-order valence-corrected chi connectivity index (χ1v) is 11.3. The summed E-state index contributed by atoms with van der Waals surface area (Å²) in [7, 11) is 3.18. The molecule has 4 rings (SSSR count). The third-order valence-corrected chi connectivity index (χ3v) is 6.37. The molecule has 0 unspecified atom stereocenters. The molecule has 0 saturated heterocycles. The lowest BCUT2D eigenvalue weighted by molar-refractivity contribution is -0.135. The highest BCUT2D eigenvalue weighted by Gasteiger charge is 2.24. The van der Waals surface area contributed by atoms with Crippen molar-refractivity contribution in [2.24, 2.45) is 0 Å². The average molecular weight is 465 g/mol. The third kappa shape index (κ3) is 5.28. The maximum atomic E-state index is 12.8. The zero-order valence-corrected chi connectivity index (χ0v) is 19.3. The fourth-order valence-electron chi connectivity index (χ4n) is 3.62. The van der Waals surface area contributed by atoms with Crippen LogP contribution in [0.1, 0.15) is 21.5 Å². The van der Waals surface area contributed by atoms with Gasteiger partial charge >= 0.3 is 5.97 Å². The molecule has 0 radical (unpaired) electrons. The van der Waals surface area contributed by atoms with E-state index in [1.165, 1.54) is 11.8 Å². The van der Waals surface area contributed by atoms with Gasteiger partial charge in [-0.05, 0) is 53.9 Å². The quantitative estimate of drug-likeness (QED) is 0.489. The molecule has 1 aliphatic rings. The molecule has 1 aromatic heterocycles. The van der Waals surface area contributed by atoms with E-state index in [-0.39, 0.29) is 12.5 Å². The average Bonchev–Trinajstić information content (AvgIpc) is 2.86. The van der Waals surface area contributed by atoms with E-state index < -0.39 is 5.97 Å². The Morgan fingerprint density at radius 3 is 2.45 bits per heavy atom. The van der Waals surface area contributed by atoms with Crippen LogP contribution in [0.15, 0.2) is 70.7 Å². The Morgan fingerprint density at radius 2 is 1.73 bits per heavy atom. The smallest absolute Gasteiger partial charge is 0.341 e. The van der Waals surface area contributed by atoms with E-state index in [4.69, 9.17) is 14.2 Å². The monoisotopic (exact) mass is 464 g/mol. The van der Waals surface area contributed by atoms with Crippen LogP contribution in [0.5, 0.6) is 11.5 Å². The summed E-state index contributed by atoms with van der Waals surface area (Å²) in [6.07, 6.45) is 2.32. The van der Waals surface area contributed by atoms with E-state index in [2.05, 4.69) is 4.98 Å². The maximum absolute atomic E-state index is 12.8. The molecule has 0 N–H and O–H groups in total. The summed E-state index contributed by atoms with van der Waals surface area (Å²) in [5.74, 6) is 0.478. The number of rotatable bonds is 7. The number of fused-ring (bicyclic) bond motifs is 1. The second kappa shape index (κ2) is 10.4. The SMILES string of the molecule is COc1cc2c(cc1OC)CN(C(=O)COC(=O)c1cccnc1Sc1ccccc1)CC2. The van der Waals surface area contributed by atoms with Gasteiger partial charge in [0.2, 0.25) is 0 Å². The molecular weight excluding hydrogens is 440 g/mol. The number of esters is 1. The number of carbonyl (C=O) groups excluding carboxylic acids is 2. The van der Waals surface area contributed by atoms with Crippen LogP contribution in [0.25, 0.3) is 0 Å². The number of nitrogens with zero attached hydrogens (tertiary/aromatic N) is 2. The van der Waals surface area contributed by atoms with Crippen LogP contribution in [0, 0.1) is 0 Å². The summed E-state index contributed by atoms with van der Waals surface area (Å²) in [5, 5.41) is 0.536. The van der Waals surface area contributed by atoms with Crippen molar-refractivity contribution in [2.75, 3.05) is 27.4 Å². The Kier molecular flexibility index (Phi) is 7.14. The number of amides is 1. The second-order valence-corrected chi connectivity index (χ2v) is 8.45. The number of benzene rings is 2. The van der Waals surface area contributed by atoms with Crippen molar-refractivity contribution in [3.05, 3.63) is 77.5 Å². The number of methoxy groups -OCH3 is 2. The lowest BCUT2D eigenvalue weighted by Crippen LogP contribution is -2.38. The van der Waals surface area contributed by atoms with Crippen molar-refractivity contribution in [3.8, 4) is 11.5 Å². The molecule has 0 atom stereocenters. The van der Waals surface area contributed by atoms with Crippen molar-refractivity contribution in [1.82, 2.24) is 9.88 Å². The zero-order valence-electron chi connectivity index (χ0n) is 18.4. The highest BCUT2D eigenvalue weighted by molar-refractivity contribution is 7.99. The molecule has 170 valence electrons. The Bertz CT molecular complexity index is 1150. The summed E-state index contributed by atoms with van der Waals surface area (Å²) >= 11 is 1.37. The van der Waals surface area contributed by atoms with E-state index >= 15 is 0 Å². The van der Waals surface area contributed by atoms with E-state index in [9.17, 15) is 9.59 Å². The number of ether oxygens (including phenoxy) is 3. The largest absolute Gasteiger partial charge is 0.493 e. The minimum Gasteiger partial charge on any atom is -0.493 e. The topological polar surface area (TPSA) is 78.0 Å². The summed E-state index contributed by atoms with van der Waals surface area (Å²) in [5.41, 5.74) is 2.44. The summed E-state index contributed by atoms with van der Waals surface area (Å²) in [6.45, 7) is 0.640. The van der Waals surface area contributed by atoms with Crippen LogP contribution in [0.4, 0.5) is 0 Å². The highest BCUT2D eigenvalue weighted by atomic mass is 32.2. The van der Waals surface area contributed by atoms with Gasteiger partial charge < -0.3 is 19.1 Å². The van der Waals surface area contributed by atoms with Crippen molar-refractivity contribution in [2.45, 2.75) is 22.9 Å². The standard InChI is InChI=1S/C25H24N2O5S/c1-30-21-13-17-10-12-27(15-18(17)14-22(21)31-2)23(28)16-32-25(29)20-9-6-11-26-24(20)33-19-7-4-3-5-8-19/h3-9,11,13-14H,10,12,15-16H2,1-2H3. The third-order valence-electron chi connectivity index (χ3n) is 5.35. The summed E-state index contributed by atoms with van der Waals surface area (Å²) < 4.78 is 16.1. The molecule has 0 aliphatic carbocycles.